The Bertz CT molecular complexity index is 505. The number of hydrogen-bond acceptors (Lipinski definition) is 2. The van der Waals surface area contributed by atoms with Crippen LogP contribution in [0, 0.1) is 0 Å². The molecule has 0 spiro atoms. The van der Waals surface area contributed by atoms with E-state index in [-0.39, 0.29) is 17.6 Å². The number of alkyl halides is 3. The molecule has 0 aliphatic heterocycles. The third kappa shape index (κ3) is 3.54. The number of phenols is 1. The molecule has 0 bridgehead atoms. The highest BCUT2D eigenvalue weighted by atomic mass is 19.4. The minimum Gasteiger partial charge on any atom is -0.507 e. The van der Waals surface area contributed by atoms with Crippen LogP contribution in [0.25, 0.3) is 0 Å². The van der Waals surface area contributed by atoms with Crippen LogP contribution in [0.1, 0.15) is 5.56 Å². The summed E-state index contributed by atoms with van der Waals surface area (Å²) in [7, 11) is 0. The SMILES string of the molecule is NC(N)=NC(N)=Nc1ccc(C(F)(F)F)c(O)c1. The highest BCUT2D eigenvalue weighted by molar-refractivity contribution is 5.93. The van der Waals surface area contributed by atoms with Gasteiger partial charge in [-0.1, -0.05) is 0 Å². The largest absolute Gasteiger partial charge is 0.507 e. The Labute approximate surface area is 99.6 Å². The zero-order valence-corrected chi connectivity index (χ0v) is 8.94. The molecule has 0 fully saturated rings. The molecule has 0 atom stereocenters. The van der Waals surface area contributed by atoms with Crippen LogP contribution < -0.4 is 17.2 Å². The molecule has 0 radical (unpaired) electrons. The molecule has 0 heterocycles. The maximum absolute atomic E-state index is 12.3. The highest BCUT2D eigenvalue weighted by Gasteiger charge is 2.33. The summed E-state index contributed by atoms with van der Waals surface area (Å²) in [6.07, 6.45) is -4.64. The lowest BCUT2D eigenvalue weighted by molar-refractivity contribution is -0.138. The number of nitrogens with zero attached hydrogens (tertiary/aromatic N) is 2. The number of guanidine groups is 2. The summed E-state index contributed by atoms with van der Waals surface area (Å²) < 4.78 is 37.0. The lowest BCUT2D eigenvalue weighted by Crippen LogP contribution is -2.26. The maximum atomic E-state index is 12.3. The van der Waals surface area contributed by atoms with Crippen molar-refractivity contribution in [3.05, 3.63) is 23.8 Å². The highest BCUT2D eigenvalue weighted by Crippen LogP contribution is 2.37. The van der Waals surface area contributed by atoms with Crippen LogP contribution in [0.15, 0.2) is 28.2 Å². The molecule has 1 aromatic rings. The van der Waals surface area contributed by atoms with Crippen molar-refractivity contribution >= 4 is 17.6 Å². The molecule has 18 heavy (non-hydrogen) atoms. The van der Waals surface area contributed by atoms with E-state index in [0.717, 1.165) is 12.1 Å². The number of hydrogen-bond donors (Lipinski definition) is 4. The smallest absolute Gasteiger partial charge is 0.419 e. The fourth-order valence-electron chi connectivity index (χ4n) is 1.12. The van der Waals surface area contributed by atoms with Crippen molar-refractivity contribution in [2.75, 3.05) is 0 Å². The van der Waals surface area contributed by atoms with Gasteiger partial charge in [-0.15, -0.1) is 0 Å². The van der Waals surface area contributed by atoms with Crippen molar-refractivity contribution in [1.29, 1.82) is 0 Å². The van der Waals surface area contributed by atoms with Gasteiger partial charge in [0.15, 0.2) is 5.96 Å². The summed E-state index contributed by atoms with van der Waals surface area (Å²) in [5, 5.41) is 9.21. The summed E-state index contributed by atoms with van der Waals surface area (Å²) in [6, 6.07) is 2.51. The number of halogens is 3. The van der Waals surface area contributed by atoms with E-state index in [0.29, 0.717) is 6.07 Å². The molecule has 0 aliphatic rings. The third-order valence-electron chi connectivity index (χ3n) is 1.77. The molecule has 7 N–H and O–H groups in total. The lowest BCUT2D eigenvalue weighted by atomic mass is 10.2. The Morgan fingerprint density at radius 3 is 2.22 bits per heavy atom. The number of phenolic OH excluding ortho intramolecular Hbond substituents is 1. The zero-order valence-electron chi connectivity index (χ0n) is 8.94. The second-order valence-electron chi connectivity index (χ2n) is 3.21. The first-order valence-electron chi connectivity index (χ1n) is 4.54. The van der Waals surface area contributed by atoms with Gasteiger partial charge in [-0.05, 0) is 12.1 Å². The molecule has 1 aromatic carbocycles. The van der Waals surface area contributed by atoms with Crippen LogP contribution in [-0.2, 0) is 6.18 Å². The summed E-state index contributed by atoms with van der Waals surface area (Å²) in [5.74, 6) is -1.64. The number of benzene rings is 1. The van der Waals surface area contributed by atoms with Crippen LogP contribution >= 0.6 is 0 Å². The van der Waals surface area contributed by atoms with Crippen molar-refractivity contribution in [1.82, 2.24) is 0 Å². The summed E-state index contributed by atoms with van der Waals surface area (Å²) in [6.45, 7) is 0. The maximum Gasteiger partial charge on any atom is 0.419 e. The topological polar surface area (TPSA) is 123 Å². The van der Waals surface area contributed by atoms with Crippen molar-refractivity contribution in [3.8, 4) is 5.75 Å². The quantitative estimate of drug-likeness (QED) is 0.437. The normalized spacial score (nSPS) is 12.3. The minimum absolute atomic E-state index is 0.0111. The van der Waals surface area contributed by atoms with Crippen molar-refractivity contribution in [2.45, 2.75) is 6.18 Å². The average Bonchev–Trinajstić information content (AvgIpc) is 2.13. The Morgan fingerprint density at radius 1 is 1.17 bits per heavy atom. The van der Waals surface area contributed by atoms with Crippen LogP contribution in [0.4, 0.5) is 18.9 Å². The fraction of sp³-hybridized carbons (Fsp3) is 0.111. The van der Waals surface area contributed by atoms with E-state index >= 15 is 0 Å². The predicted octanol–water partition coefficient (Wildman–Crippen LogP) is 0.631. The van der Waals surface area contributed by atoms with Crippen LogP contribution in [0.2, 0.25) is 0 Å². The van der Waals surface area contributed by atoms with Gasteiger partial charge in [0.05, 0.1) is 11.3 Å². The molecule has 0 saturated carbocycles. The van der Waals surface area contributed by atoms with E-state index in [4.69, 9.17) is 17.2 Å². The Morgan fingerprint density at radius 2 is 1.78 bits per heavy atom. The third-order valence-corrected chi connectivity index (χ3v) is 1.77. The number of aliphatic imine (C=N–C) groups is 2. The second kappa shape index (κ2) is 4.82. The van der Waals surface area contributed by atoms with Gasteiger partial charge in [-0.3, -0.25) is 0 Å². The van der Waals surface area contributed by atoms with Gasteiger partial charge in [-0.25, -0.2) is 4.99 Å². The molecule has 0 saturated heterocycles. The van der Waals surface area contributed by atoms with Crippen molar-refractivity contribution in [2.24, 2.45) is 27.2 Å². The first-order valence-corrected chi connectivity index (χ1v) is 4.54. The molecular weight excluding hydrogens is 251 g/mol. The van der Waals surface area contributed by atoms with Gasteiger partial charge >= 0.3 is 6.18 Å². The molecule has 98 valence electrons. The van der Waals surface area contributed by atoms with Crippen LogP contribution in [-0.4, -0.2) is 17.0 Å². The number of aromatic hydroxyl groups is 1. The monoisotopic (exact) mass is 261 g/mol. The second-order valence-corrected chi connectivity index (χ2v) is 3.21. The first kappa shape index (κ1) is 13.6. The summed E-state index contributed by atoms with van der Waals surface area (Å²) in [4.78, 5) is 6.97. The molecular formula is C9H10F3N5O. The summed E-state index contributed by atoms with van der Waals surface area (Å²) >= 11 is 0. The first-order chi connectivity index (χ1) is 8.20. The van der Waals surface area contributed by atoms with Gasteiger partial charge in [0.25, 0.3) is 0 Å². The van der Waals surface area contributed by atoms with E-state index in [9.17, 15) is 18.3 Å². The lowest BCUT2D eigenvalue weighted by Gasteiger charge is -2.08. The van der Waals surface area contributed by atoms with E-state index < -0.39 is 17.5 Å². The minimum atomic E-state index is -4.64. The van der Waals surface area contributed by atoms with Gasteiger partial charge in [0, 0.05) is 6.07 Å². The Hall–Kier alpha value is -2.45. The van der Waals surface area contributed by atoms with Crippen LogP contribution in [0.3, 0.4) is 0 Å². The van der Waals surface area contributed by atoms with Crippen LogP contribution in [0.5, 0.6) is 5.75 Å². The number of rotatable bonds is 1. The fourth-order valence-corrected chi connectivity index (χ4v) is 1.12. The molecule has 9 heteroatoms. The molecule has 0 unspecified atom stereocenters. The van der Waals surface area contributed by atoms with E-state index in [2.05, 4.69) is 9.98 Å². The molecule has 0 amide bonds. The summed E-state index contributed by atoms with van der Waals surface area (Å²) in [5.41, 5.74) is 14.2. The zero-order chi connectivity index (χ0) is 13.9. The standard InChI is InChI=1S/C9H10F3N5O/c10-9(11,12)5-2-1-4(3-6(5)18)16-8(15)17-7(13)14/h1-3,18H,(H6,13,14,15,16,17). The predicted molar refractivity (Wildman–Crippen MR) is 60.2 cm³/mol. The van der Waals surface area contributed by atoms with Gasteiger partial charge in [-0.2, -0.15) is 18.2 Å². The molecule has 6 nitrogen and oxygen atoms in total. The van der Waals surface area contributed by atoms with Crippen molar-refractivity contribution in [3.63, 3.8) is 0 Å². The Kier molecular flexibility index (Phi) is 3.64. The molecule has 0 aliphatic carbocycles. The van der Waals surface area contributed by atoms with Gasteiger partial charge < -0.3 is 22.3 Å². The average molecular weight is 261 g/mol. The van der Waals surface area contributed by atoms with E-state index in [1.165, 1.54) is 0 Å². The van der Waals surface area contributed by atoms with Gasteiger partial charge in [0.1, 0.15) is 5.75 Å². The van der Waals surface area contributed by atoms with Gasteiger partial charge in [0.2, 0.25) is 5.96 Å². The van der Waals surface area contributed by atoms with E-state index in [1.54, 1.807) is 0 Å². The number of nitrogens with two attached hydrogens (primary N) is 3. The van der Waals surface area contributed by atoms with Crippen molar-refractivity contribution < 1.29 is 18.3 Å². The Balaban J connectivity index is 3.10. The van der Waals surface area contributed by atoms with E-state index in [1.807, 2.05) is 0 Å². The molecule has 1 rings (SSSR count). The molecule has 0 aromatic heterocycles.